The minimum Gasteiger partial charge on any atom is -0.394 e. The normalized spacial score (nSPS) is 24.1. The summed E-state index contributed by atoms with van der Waals surface area (Å²) in [5, 5.41) is 12.6. The zero-order chi connectivity index (χ0) is 12.3. The van der Waals surface area contributed by atoms with Crippen LogP contribution in [0.25, 0.3) is 0 Å². The van der Waals surface area contributed by atoms with E-state index in [-0.39, 0.29) is 12.6 Å². The molecule has 94 valence electrons. The van der Waals surface area contributed by atoms with Gasteiger partial charge >= 0.3 is 0 Å². The third-order valence-electron chi connectivity index (χ3n) is 3.34. The zero-order valence-corrected chi connectivity index (χ0v) is 10.4. The number of nitrogens with zero attached hydrogens (tertiary/aromatic N) is 3. The van der Waals surface area contributed by atoms with Crippen LogP contribution in [-0.2, 0) is 0 Å². The number of hydrogen-bond acceptors (Lipinski definition) is 5. The van der Waals surface area contributed by atoms with E-state index in [1.54, 1.807) is 12.4 Å². The summed E-state index contributed by atoms with van der Waals surface area (Å²) in [5.74, 6) is 2.15. The number of aliphatic hydroxyl groups is 1. The van der Waals surface area contributed by atoms with Crippen LogP contribution in [0.15, 0.2) is 12.4 Å². The van der Waals surface area contributed by atoms with Crippen molar-refractivity contribution < 1.29 is 5.11 Å². The lowest BCUT2D eigenvalue weighted by molar-refractivity contribution is 0.244. The Morgan fingerprint density at radius 1 is 1.53 bits per heavy atom. The van der Waals surface area contributed by atoms with E-state index in [9.17, 15) is 5.11 Å². The lowest BCUT2D eigenvalue weighted by Crippen LogP contribution is -2.35. The Balaban J connectivity index is 2.18. The largest absolute Gasteiger partial charge is 0.394 e. The number of hydrogen-bond donors (Lipinski definition) is 2. The summed E-state index contributed by atoms with van der Waals surface area (Å²) in [5.41, 5.74) is 0. The summed E-state index contributed by atoms with van der Waals surface area (Å²) in [6, 6.07) is 0.168. The second-order valence-corrected chi connectivity index (χ2v) is 4.50. The lowest BCUT2D eigenvalue weighted by Gasteiger charge is -2.26. The molecule has 1 aliphatic rings. The zero-order valence-electron chi connectivity index (χ0n) is 10.4. The molecule has 1 aromatic heterocycles. The van der Waals surface area contributed by atoms with E-state index in [0.717, 1.165) is 31.1 Å². The van der Waals surface area contributed by atoms with Crippen molar-refractivity contribution in [2.75, 3.05) is 29.9 Å². The van der Waals surface area contributed by atoms with Crippen molar-refractivity contribution in [2.24, 2.45) is 5.92 Å². The highest BCUT2D eigenvalue weighted by atomic mass is 16.3. The Morgan fingerprint density at radius 2 is 2.35 bits per heavy atom. The van der Waals surface area contributed by atoms with Crippen molar-refractivity contribution in [3.8, 4) is 0 Å². The number of aromatic nitrogens is 2. The molecule has 0 bridgehead atoms. The minimum atomic E-state index is 0.168. The van der Waals surface area contributed by atoms with Gasteiger partial charge in [0.15, 0.2) is 0 Å². The highest BCUT2D eigenvalue weighted by Gasteiger charge is 2.31. The number of aliphatic hydroxyl groups excluding tert-OH is 1. The molecule has 0 radical (unpaired) electrons. The van der Waals surface area contributed by atoms with Gasteiger partial charge in [0.2, 0.25) is 0 Å². The van der Waals surface area contributed by atoms with Crippen LogP contribution in [0.3, 0.4) is 0 Å². The van der Waals surface area contributed by atoms with E-state index in [2.05, 4.69) is 27.1 Å². The molecule has 0 saturated carbocycles. The molecule has 1 aliphatic heterocycles. The maximum atomic E-state index is 9.44. The van der Waals surface area contributed by atoms with Gasteiger partial charge in [-0.05, 0) is 19.3 Å². The first kappa shape index (κ1) is 12.1. The Bertz CT molecular complexity index is 371. The summed E-state index contributed by atoms with van der Waals surface area (Å²) in [4.78, 5) is 10.9. The van der Waals surface area contributed by atoms with Crippen molar-refractivity contribution >= 4 is 11.6 Å². The first-order chi connectivity index (χ1) is 8.26. The maximum Gasteiger partial charge on any atom is 0.149 e. The topological polar surface area (TPSA) is 61.3 Å². The van der Waals surface area contributed by atoms with Gasteiger partial charge in [-0.25, -0.2) is 4.98 Å². The number of anilines is 2. The quantitative estimate of drug-likeness (QED) is 0.820. The molecule has 2 rings (SSSR count). The predicted octanol–water partition coefficient (Wildman–Crippen LogP) is 1.12. The molecule has 1 fully saturated rings. The average Bonchev–Trinajstić information content (AvgIpc) is 2.71. The van der Waals surface area contributed by atoms with E-state index in [0.29, 0.717) is 5.92 Å². The third kappa shape index (κ3) is 2.49. The van der Waals surface area contributed by atoms with Crippen LogP contribution in [0, 0.1) is 5.92 Å². The molecule has 17 heavy (non-hydrogen) atoms. The van der Waals surface area contributed by atoms with Gasteiger partial charge in [0.05, 0.1) is 25.0 Å². The summed E-state index contributed by atoms with van der Waals surface area (Å²) < 4.78 is 0. The average molecular weight is 236 g/mol. The Morgan fingerprint density at radius 3 is 3.06 bits per heavy atom. The van der Waals surface area contributed by atoms with E-state index in [4.69, 9.17) is 0 Å². The van der Waals surface area contributed by atoms with E-state index in [1.807, 2.05) is 6.92 Å². The molecule has 0 aromatic carbocycles. The first-order valence-corrected chi connectivity index (χ1v) is 6.19. The Labute approximate surface area is 102 Å². The smallest absolute Gasteiger partial charge is 0.149 e. The van der Waals surface area contributed by atoms with Crippen LogP contribution < -0.4 is 10.2 Å². The van der Waals surface area contributed by atoms with Gasteiger partial charge in [0.25, 0.3) is 0 Å². The van der Waals surface area contributed by atoms with E-state index in [1.165, 1.54) is 0 Å². The van der Waals surface area contributed by atoms with Crippen LogP contribution in [0.5, 0.6) is 0 Å². The van der Waals surface area contributed by atoms with Crippen LogP contribution in [-0.4, -0.2) is 40.8 Å². The Kier molecular flexibility index (Phi) is 3.78. The maximum absolute atomic E-state index is 9.44. The van der Waals surface area contributed by atoms with Gasteiger partial charge in [0.1, 0.15) is 11.6 Å². The highest BCUT2D eigenvalue weighted by molar-refractivity contribution is 5.45. The standard InChI is InChI=1S/C12H20N4O/c1-3-14-11-6-13-7-12(15-11)16-5-4-9(2)10(16)8-17/h6-7,9-10,17H,3-5,8H2,1-2H3,(H,14,15). The fourth-order valence-electron chi connectivity index (χ4n) is 2.33. The molecule has 2 unspecified atom stereocenters. The number of nitrogens with one attached hydrogen (secondary N) is 1. The van der Waals surface area contributed by atoms with Gasteiger partial charge in [-0.15, -0.1) is 0 Å². The van der Waals surface area contributed by atoms with E-state index < -0.39 is 0 Å². The predicted molar refractivity (Wildman–Crippen MR) is 68.2 cm³/mol. The SMILES string of the molecule is CCNc1cncc(N2CCC(C)C2CO)n1. The molecule has 2 N–H and O–H groups in total. The second-order valence-electron chi connectivity index (χ2n) is 4.50. The molecule has 5 nitrogen and oxygen atoms in total. The van der Waals surface area contributed by atoms with Crippen LogP contribution >= 0.6 is 0 Å². The van der Waals surface area contributed by atoms with Crippen molar-refractivity contribution in [3.05, 3.63) is 12.4 Å². The van der Waals surface area contributed by atoms with Crippen molar-refractivity contribution in [1.82, 2.24) is 9.97 Å². The highest BCUT2D eigenvalue weighted by Crippen LogP contribution is 2.28. The molecule has 0 amide bonds. The number of rotatable bonds is 4. The molecule has 1 saturated heterocycles. The summed E-state index contributed by atoms with van der Waals surface area (Å²) in [7, 11) is 0. The molecule has 0 spiro atoms. The summed E-state index contributed by atoms with van der Waals surface area (Å²) >= 11 is 0. The van der Waals surface area contributed by atoms with Crippen molar-refractivity contribution in [1.29, 1.82) is 0 Å². The molecular formula is C12H20N4O. The minimum absolute atomic E-state index is 0.168. The molecule has 0 aliphatic carbocycles. The molecule has 5 heteroatoms. The fourth-order valence-corrected chi connectivity index (χ4v) is 2.33. The van der Waals surface area contributed by atoms with Gasteiger partial charge < -0.3 is 15.3 Å². The van der Waals surface area contributed by atoms with Crippen LogP contribution in [0.4, 0.5) is 11.6 Å². The summed E-state index contributed by atoms with van der Waals surface area (Å²) in [6.45, 7) is 6.15. The van der Waals surface area contributed by atoms with Gasteiger partial charge in [-0.3, -0.25) is 4.98 Å². The van der Waals surface area contributed by atoms with Gasteiger partial charge in [-0.2, -0.15) is 0 Å². The Hall–Kier alpha value is -1.36. The molecule has 1 aromatic rings. The van der Waals surface area contributed by atoms with Crippen molar-refractivity contribution in [3.63, 3.8) is 0 Å². The molecule has 2 atom stereocenters. The van der Waals surface area contributed by atoms with Gasteiger partial charge in [0, 0.05) is 13.1 Å². The second kappa shape index (κ2) is 5.31. The monoisotopic (exact) mass is 236 g/mol. The van der Waals surface area contributed by atoms with Crippen LogP contribution in [0.1, 0.15) is 20.3 Å². The van der Waals surface area contributed by atoms with Crippen molar-refractivity contribution in [2.45, 2.75) is 26.3 Å². The summed E-state index contributed by atoms with van der Waals surface area (Å²) in [6.07, 6.45) is 4.58. The van der Waals surface area contributed by atoms with E-state index >= 15 is 0 Å². The van der Waals surface area contributed by atoms with Gasteiger partial charge in [-0.1, -0.05) is 6.92 Å². The molecule has 2 heterocycles. The molecular weight excluding hydrogens is 216 g/mol. The first-order valence-electron chi connectivity index (χ1n) is 6.19. The van der Waals surface area contributed by atoms with Crippen LogP contribution in [0.2, 0.25) is 0 Å². The lowest BCUT2D eigenvalue weighted by atomic mass is 10.0. The fraction of sp³-hybridized carbons (Fsp3) is 0.667. The third-order valence-corrected chi connectivity index (χ3v) is 3.34.